The minimum atomic E-state index is 0.126. The molecule has 31 heavy (non-hydrogen) atoms. The first kappa shape index (κ1) is 21.6. The molecule has 1 heterocycles. The molecule has 4 nitrogen and oxygen atoms in total. The van der Waals surface area contributed by atoms with Crippen molar-refractivity contribution in [3.63, 3.8) is 0 Å². The number of carbonyl (C=O) groups excluding carboxylic acids is 1. The number of H-pyrrole nitrogens is 1. The van der Waals surface area contributed by atoms with Crippen LogP contribution in [0.4, 0.5) is 0 Å². The summed E-state index contributed by atoms with van der Waals surface area (Å²) in [5, 5.41) is 4.48. The number of nitrogens with zero attached hydrogens (tertiary/aromatic N) is 1. The van der Waals surface area contributed by atoms with Gasteiger partial charge in [-0.1, -0.05) is 48.5 Å². The van der Waals surface area contributed by atoms with Crippen LogP contribution in [0.15, 0.2) is 60.8 Å². The zero-order valence-corrected chi connectivity index (χ0v) is 18.9. The van der Waals surface area contributed by atoms with Gasteiger partial charge < -0.3 is 10.3 Å². The number of aromatic nitrogens is 1. The molecule has 164 valence electrons. The van der Waals surface area contributed by atoms with Gasteiger partial charge in [-0.25, -0.2) is 0 Å². The summed E-state index contributed by atoms with van der Waals surface area (Å²) in [6, 6.07) is 19.2. The molecule has 0 unspecified atom stereocenters. The standard InChI is InChI=1S/C27H35N3O/c1-30(2)27(23-10-4-3-5-11-23)17-15-21(16-18-27)19-29-26(31)14-8-9-22-20-28-25-13-7-6-12-24(22)25/h3-7,10-13,20-21,28H,8-9,14-19H2,1-2H3,(H,29,31). The van der Waals surface area contributed by atoms with Gasteiger partial charge in [0.05, 0.1) is 0 Å². The average molecular weight is 418 g/mol. The Balaban J connectivity index is 1.22. The summed E-state index contributed by atoms with van der Waals surface area (Å²) < 4.78 is 0. The summed E-state index contributed by atoms with van der Waals surface area (Å²) in [4.78, 5) is 18.1. The van der Waals surface area contributed by atoms with Gasteiger partial charge in [-0.05, 0) is 75.7 Å². The van der Waals surface area contributed by atoms with Crippen LogP contribution >= 0.6 is 0 Å². The molecule has 1 aliphatic carbocycles. The van der Waals surface area contributed by atoms with Crippen molar-refractivity contribution in [2.24, 2.45) is 5.92 Å². The summed E-state index contributed by atoms with van der Waals surface area (Å²) in [7, 11) is 4.39. The molecule has 4 heteroatoms. The number of aryl methyl sites for hydroxylation is 1. The Kier molecular flexibility index (Phi) is 6.77. The summed E-state index contributed by atoms with van der Waals surface area (Å²) in [5.41, 5.74) is 4.01. The third-order valence-corrected chi connectivity index (χ3v) is 7.21. The number of fused-ring (bicyclic) bond motifs is 1. The van der Waals surface area contributed by atoms with Crippen molar-refractivity contribution in [2.45, 2.75) is 50.5 Å². The van der Waals surface area contributed by atoms with Crippen molar-refractivity contribution < 1.29 is 4.79 Å². The van der Waals surface area contributed by atoms with Crippen LogP contribution in [0.2, 0.25) is 0 Å². The van der Waals surface area contributed by atoms with E-state index in [1.165, 1.54) is 22.0 Å². The zero-order valence-electron chi connectivity index (χ0n) is 18.9. The van der Waals surface area contributed by atoms with Gasteiger partial charge in [0.15, 0.2) is 0 Å². The Labute approximate surface area is 186 Å². The topological polar surface area (TPSA) is 48.1 Å². The molecular formula is C27H35N3O. The molecule has 0 radical (unpaired) electrons. The van der Waals surface area contributed by atoms with Crippen molar-refractivity contribution in [3.05, 3.63) is 71.9 Å². The molecule has 0 saturated heterocycles. The Bertz CT molecular complexity index is 984. The number of benzene rings is 2. The number of hydrogen-bond acceptors (Lipinski definition) is 2. The van der Waals surface area contributed by atoms with Crippen LogP contribution in [-0.4, -0.2) is 36.4 Å². The maximum absolute atomic E-state index is 12.4. The second kappa shape index (κ2) is 9.69. The largest absolute Gasteiger partial charge is 0.361 e. The van der Waals surface area contributed by atoms with Crippen LogP contribution in [0.3, 0.4) is 0 Å². The molecule has 1 amide bonds. The lowest BCUT2D eigenvalue weighted by atomic mass is 9.72. The molecular weight excluding hydrogens is 382 g/mol. The minimum absolute atomic E-state index is 0.126. The first-order valence-corrected chi connectivity index (χ1v) is 11.6. The van der Waals surface area contributed by atoms with Crippen molar-refractivity contribution in [3.8, 4) is 0 Å². The molecule has 2 N–H and O–H groups in total. The van der Waals surface area contributed by atoms with Crippen molar-refractivity contribution in [1.82, 2.24) is 15.2 Å². The summed E-state index contributed by atoms with van der Waals surface area (Å²) in [6.07, 6.45) is 9.09. The SMILES string of the molecule is CN(C)C1(c2ccccc2)CCC(CNC(=O)CCCc2c[nH]c3ccccc23)CC1. The Hall–Kier alpha value is -2.59. The van der Waals surface area contributed by atoms with Crippen molar-refractivity contribution >= 4 is 16.8 Å². The van der Waals surface area contributed by atoms with Crippen molar-refractivity contribution in [1.29, 1.82) is 0 Å². The fraction of sp³-hybridized carbons (Fsp3) is 0.444. The maximum atomic E-state index is 12.4. The van der Waals surface area contributed by atoms with Gasteiger partial charge in [0.1, 0.15) is 0 Å². The quantitative estimate of drug-likeness (QED) is 0.526. The Morgan fingerprint density at radius 1 is 1.06 bits per heavy atom. The summed E-state index contributed by atoms with van der Waals surface area (Å²) in [5.74, 6) is 0.765. The third-order valence-electron chi connectivity index (χ3n) is 7.21. The van der Waals surface area contributed by atoms with Crippen LogP contribution in [0.5, 0.6) is 0 Å². The van der Waals surface area contributed by atoms with Crippen LogP contribution in [-0.2, 0) is 16.8 Å². The fourth-order valence-corrected chi connectivity index (χ4v) is 5.23. The molecule has 1 fully saturated rings. The highest BCUT2D eigenvalue weighted by Gasteiger charge is 2.38. The number of rotatable bonds is 8. The zero-order chi connectivity index (χ0) is 21.7. The van der Waals surface area contributed by atoms with E-state index in [-0.39, 0.29) is 11.4 Å². The highest BCUT2D eigenvalue weighted by Crippen LogP contribution is 2.42. The predicted molar refractivity (Wildman–Crippen MR) is 128 cm³/mol. The minimum Gasteiger partial charge on any atom is -0.361 e. The Morgan fingerprint density at radius 3 is 2.52 bits per heavy atom. The maximum Gasteiger partial charge on any atom is 0.220 e. The van der Waals surface area contributed by atoms with Gasteiger partial charge in [-0.3, -0.25) is 9.69 Å². The van der Waals surface area contributed by atoms with Gasteiger partial charge in [-0.15, -0.1) is 0 Å². The van der Waals surface area contributed by atoms with Crippen molar-refractivity contribution in [2.75, 3.05) is 20.6 Å². The van der Waals surface area contributed by atoms with E-state index in [0.29, 0.717) is 12.3 Å². The Morgan fingerprint density at radius 2 is 1.77 bits per heavy atom. The highest BCUT2D eigenvalue weighted by atomic mass is 16.1. The van der Waals surface area contributed by atoms with Crippen LogP contribution in [0.1, 0.15) is 49.7 Å². The van der Waals surface area contributed by atoms with Gasteiger partial charge >= 0.3 is 0 Å². The molecule has 1 saturated carbocycles. The number of amides is 1. The first-order valence-electron chi connectivity index (χ1n) is 11.6. The van der Waals surface area contributed by atoms with Crippen LogP contribution < -0.4 is 5.32 Å². The van der Waals surface area contributed by atoms with E-state index < -0.39 is 0 Å². The molecule has 0 atom stereocenters. The summed E-state index contributed by atoms with van der Waals surface area (Å²) >= 11 is 0. The molecule has 3 aromatic rings. The normalized spacial score (nSPS) is 21.5. The van der Waals surface area contributed by atoms with Gasteiger partial charge in [0.25, 0.3) is 0 Å². The van der Waals surface area contributed by atoms with E-state index in [2.05, 4.69) is 84.0 Å². The average Bonchev–Trinajstić information content (AvgIpc) is 3.22. The number of para-hydroxylation sites is 1. The molecule has 2 aromatic carbocycles. The number of aromatic amines is 1. The number of nitrogens with one attached hydrogen (secondary N) is 2. The highest BCUT2D eigenvalue weighted by molar-refractivity contribution is 5.83. The lowest BCUT2D eigenvalue weighted by molar-refractivity contribution is -0.121. The van der Waals surface area contributed by atoms with E-state index in [0.717, 1.165) is 45.1 Å². The molecule has 1 aromatic heterocycles. The molecule has 1 aliphatic rings. The number of carbonyl (C=O) groups is 1. The van der Waals surface area contributed by atoms with E-state index in [1.807, 2.05) is 6.07 Å². The fourth-order valence-electron chi connectivity index (χ4n) is 5.23. The van der Waals surface area contributed by atoms with Crippen LogP contribution in [0, 0.1) is 5.92 Å². The van der Waals surface area contributed by atoms with Gasteiger partial charge in [0.2, 0.25) is 5.91 Å². The second-order valence-corrected chi connectivity index (χ2v) is 9.25. The molecule has 4 rings (SSSR count). The van der Waals surface area contributed by atoms with Gasteiger partial charge in [-0.2, -0.15) is 0 Å². The van der Waals surface area contributed by atoms with Crippen LogP contribution in [0.25, 0.3) is 10.9 Å². The monoisotopic (exact) mass is 417 g/mol. The molecule has 0 bridgehead atoms. The summed E-state index contributed by atoms with van der Waals surface area (Å²) in [6.45, 7) is 0.810. The lowest BCUT2D eigenvalue weighted by Crippen LogP contribution is -2.45. The van der Waals surface area contributed by atoms with E-state index in [1.54, 1.807) is 0 Å². The smallest absolute Gasteiger partial charge is 0.220 e. The lowest BCUT2D eigenvalue weighted by Gasteiger charge is -2.45. The second-order valence-electron chi connectivity index (χ2n) is 9.25. The molecule has 0 aliphatic heterocycles. The number of hydrogen-bond donors (Lipinski definition) is 2. The van der Waals surface area contributed by atoms with E-state index in [4.69, 9.17) is 0 Å². The predicted octanol–water partition coefficient (Wildman–Crippen LogP) is 5.25. The third kappa shape index (κ3) is 4.85. The van der Waals surface area contributed by atoms with Gasteiger partial charge in [0, 0.05) is 35.6 Å². The first-order chi connectivity index (χ1) is 15.1. The molecule has 0 spiro atoms. The van der Waals surface area contributed by atoms with E-state index >= 15 is 0 Å². The van der Waals surface area contributed by atoms with E-state index in [9.17, 15) is 4.79 Å².